The molecule has 190 valence electrons. The molecule has 0 radical (unpaired) electrons. The maximum Gasteiger partial charge on any atom is 0.417 e. The largest absolute Gasteiger partial charge is 0.417 e. The van der Waals surface area contributed by atoms with E-state index in [4.69, 9.17) is 11.6 Å². The predicted molar refractivity (Wildman–Crippen MR) is 132 cm³/mol. The van der Waals surface area contributed by atoms with E-state index < -0.39 is 21.6 Å². The number of likely N-dealkylation sites (tertiary alicyclic amines) is 1. The standard InChI is InChI=1S/C25H22ClF3N2O3S2/c26-23-9-6-18(15-30-23)24(32)31-12-10-17(11-13-31)16-35-22-14-20(7-8-21(22)25(27,28)29)36(33,34)19-4-2-1-3-5-19/h1-9,14-15,17H,10-13,16H2. The van der Waals surface area contributed by atoms with Crippen molar-refractivity contribution < 1.29 is 26.4 Å². The Kier molecular flexibility index (Phi) is 7.96. The van der Waals surface area contributed by atoms with Crippen LogP contribution in [-0.4, -0.2) is 43.1 Å². The summed E-state index contributed by atoms with van der Waals surface area (Å²) in [5.41, 5.74) is -0.430. The molecule has 2 heterocycles. The van der Waals surface area contributed by atoms with Crippen LogP contribution in [0.25, 0.3) is 0 Å². The minimum absolute atomic E-state index is 0.0219. The number of rotatable bonds is 6. The zero-order valence-electron chi connectivity index (χ0n) is 18.9. The SMILES string of the molecule is O=C(c1ccc(Cl)nc1)N1CCC(CSc2cc(S(=O)(=O)c3ccccc3)ccc2C(F)(F)F)CC1. The molecule has 3 aromatic rings. The normalized spacial score (nSPS) is 15.2. The summed E-state index contributed by atoms with van der Waals surface area (Å²) in [7, 11) is -3.95. The molecular weight excluding hydrogens is 533 g/mol. The molecule has 36 heavy (non-hydrogen) atoms. The number of halogens is 4. The van der Waals surface area contributed by atoms with Crippen LogP contribution in [0.15, 0.2) is 81.5 Å². The first-order valence-corrected chi connectivity index (χ1v) is 14.0. The zero-order chi connectivity index (χ0) is 25.9. The van der Waals surface area contributed by atoms with Gasteiger partial charge in [-0.3, -0.25) is 4.79 Å². The smallest absolute Gasteiger partial charge is 0.339 e. The van der Waals surface area contributed by atoms with E-state index in [9.17, 15) is 26.4 Å². The lowest BCUT2D eigenvalue weighted by Crippen LogP contribution is -2.39. The molecule has 0 saturated carbocycles. The number of carbonyl (C=O) groups is 1. The molecule has 1 aliphatic heterocycles. The van der Waals surface area contributed by atoms with Crippen LogP contribution in [0, 0.1) is 5.92 Å². The number of thioether (sulfide) groups is 1. The van der Waals surface area contributed by atoms with Gasteiger partial charge >= 0.3 is 6.18 Å². The Morgan fingerprint density at radius 3 is 2.33 bits per heavy atom. The topological polar surface area (TPSA) is 67.3 Å². The van der Waals surface area contributed by atoms with Gasteiger partial charge in [-0.1, -0.05) is 29.8 Å². The lowest BCUT2D eigenvalue weighted by Gasteiger charge is -2.32. The molecule has 0 bridgehead atoms. The van der Waals surface area contributed by atoms with Gasteiger partial charge < -0.3 is 4.90 Å². The Balaban J connectivity index is 1.45. The van der Waals surface area contributed by atoms with Crippen molar-refractivity contribution in [3.05, 3.63) is 83.1 Å². The summed E-state index contributed by atoms with van der Waals surface area (Å²) in [4.78, 5) is 18.0. The van der Waals surface area contributed by atoms with Crippen LogP contribution >= 0.6 is 23.4 Å². The highest BCUT2D eigenvalue weighted by Crippen LogP contribution is 2.40. The van der Waals surface area contributed by atoms with Crippen LogP contribution < -0.4 is 0 Å². The summed E-state index contributed by atoms with van der Waals surface area (Å²) in [6.45, 7) is 0.947. The Morgan fingerprint density at radius 1 is 1.03 bits per heavy atom. The van der Waals surface area contributed by atoms with Crippen molar-refractivity contribution in [3.8, 4) is 0 Å². The van der Waals surface area contributed by atoms with Gasteiger partial charge in [0.15, 0.2) is 0 Å². The number of carbonyl (C=O) groups excluding carboxylic acids is 1. The molecule has 1 aromatic heterocycles. The third-order valence-corrected chi connectivity index (χ3v) is 9.25. The molecule has 1 saturated heterocycles. The quantitative estimate of drug-likeness (QED) is 0.267. The minimum Gasteiger partial charge on any atom is -0.339 e. The van der Waals surface area contributed by atoms with Gasteiger partial charge in [0.2, 0.25) is 9.84 Å². The second-order valence-corrected chi connectivity index (χ2v) is 11.8. The molecule has 4 rings (SSSR count). The second kappa shape index (κ2) is 10.8. The van der Waals surface area contributed by atoms with E-state index in [1.54, 1.807) is 35.2 Å². The first-order chi connectivity index (χ1) is 17.1. The second-order valence-electron chi connectivity index (χ2n) is 8.39. The van der Waals surface area contributed by atoms with Crippen LogP contribution in [0.3, 0.4) is 0 Å². The van der Waals surface area contributed by atoms with Crippen molar-refractivity contribution in [1.82, 2.24) is 9.88 Å². The van der Waals surface area contributed by atoms with Gasteiger partial charge in [0.05, 0.1) is 20.9 Å². The molecule has 0 atom stereocenters. The first-order valence-electron chi connectivity index (χ1n) is 11.1. The Labute approximate surface area is 216 Å². The van der Waals surface area contributed by atoms with Crippen LogP contribution in [0.2, 0.25) is 5.15 Å². The van der Waals surface area contributed by atoms with E-state index >= 15 is 0 Å². The molecule has 0 unspecified atom stereocenters. The van der Waals surface area contributed by atoms with Crippen LogP contribution in [0.5, 0.6) is 0 Å². The fourth-order valence-corrected chi connectivity index (χ4v) is 6.75. The predicted octanol–water partition coefficient (Wildman–Crippen LogP) is 6.23. The lowest BCUT2D eigenvalue weighted by molar-refractivity contribution is -0.139. The summed E-state index contributed by atoms with van der Waals surface area (Å²) in [6, 6.07) is 13.7. The minimum atomic E-state index is -4.61. The molecule has 1 amide bonds. The average Bonchev–Trinajstić information content (AvgIpc) is 2.87. The van der Waals surface area contributed by atoms with Crippen molar-refractivity contribution in [1.29, 1.82) is 0 Å². The number of hydrogen-bond donors (Lipinski definition) is 0. The van der Waals surface area contributed by atoms with Gasteiger partial charge in [-0.15, -0.1) is 11.8 Å². The number of pyridine rings is 1. The molecule has 11 heteroatoms. The van der Waals surface area contributed by atoms with Crippen LogP contribution in [0.1, 0.15) is 28.8 Å². The molecule has 5 nitrogen and oxygen atoms in total. The lowest BCUT2D eigenvalue weighted by atomic mass is 9.98. The fraction of sp³-hybridized carbons (Fsp3) is 0.280. The number of amides is 1. The van der Waals surface area contributed by atoms with Gasteiger partial charge in [-0.05, 0) is 61.2 Å². The highest BCUT2D eigenvalue weighted by atomic mass is 35.5. The van der Waals surface area contributed by atoms with E-state index in [2.05, 4.69) is 4.98 Å². The summed E-state index contributed by atoms with van der Waals surface area (Å²) in [6.07, 6.45) is -1.94. The van der Waals surface area contributed by atoms with Gasteiger partial charge in [0.25, 0.3) is 5.91 Å². The van der Waals surface area contributed by atoms with Crippen molar-refractivity contribution >= 4 is 39.1 Å². The molecule has 0 aliphatic carbocycles. The van der Waals surface area contributed by atoms with Gasteiger partial charge in [0.1, 0.15) is 5.15 Å². The third kappa shape index (κ3) is 6.04. The summed E-state index contributed by atoms with van der Waals surface area (Å²) in [5, 5.41) is 0.293. The van der Waals surface area contributed by atoms with E-state index in [1.165, 1.54) is 18.3 Å². The van der Waals surface area contributed by atoms with E-state index in [1.807, 2.05) is 0 Å². The van der Waals surface area contributed by atoms with E-state index in [-0.39, 0.29) is 26.5 Å². The molecule has 1 fully saturated rings. The number of sulfone groups is 1. The molecule has 0 spiro atoms. The molecule has 0 N–H and O–H groups in total. The van der Waals surface area contributed by atoms with E-state index in [0.717, 1.165) is 30.0 Å². The van der Waals surface area contributed by atoms with Crippen LogP contribution in [-0.2, 0) is 16.0 Å². The Hall–Kier alpha value is -2.56. The summed E-state index contributed by atoms with van der Waals surface area (Å²) in [5.74, 6) is 0.295. The Morgan fingerprint density at radius 2 is 1.72 bits per heavy atom. The summed E-state index contributed by atoms with van der Waals surface area (Å²) >= 11 is 6.77. The molecular formula is C25H22ClF3N2O3S2. The first kappa shape index (κ1) is 26.5. The zero-order valence-corrected chi connectivity index (χ0v) is 21.3. The number of hydrogen-bond acceptors (Lipinski definition) is 5. The number of benzene rings is 2. The maximum atomic E-state index is 13.7. The van der Waals surface area contributed by atoms with Crippen molar-refractivity contribution in [2.75, 3.05) is 18.8 Å². The maximum absolute atomic E-state index is 13.7. The Bertz CT molecular complexity index is 1330. The number of nitrogens with zero attached hydrogens (tertiary/aromatic N) is 2. The van der Waals surface area contributed by atoms with Gasteiger partial charge in [0, 0.05) is 29.9 Å². The summed E-state index contributed by atoms with van der Waals surface area (Å²) < 4.78 is 66.9. The number of aromatic nitrogens is 1. The third-order valence-electron chi connectivity index (χ3n) is 5.97. The van der Waals surface area contributed by atoms with Gasteiger partial charge in [-0.25, -0.2) is 13.4 Å². The number of piperidine rings is 1. The fourth-order valence-electron chi connectivity index (χ4n) is 3.95. The van der Waals surface area contributed by atoms with Crippen molar-refractivity contribution in [2.24, 2.45) is 5.92 Å². The van der Waals surface area contributed by atoms with Crippen molar-refractivity contribution in [2.45, 2.75) is 33.7 Å². The molecule has 1 aliphatic rings. The van der Waals surface area contributed by atoms with E-state index in [0.29, 0.717) is 42.4 Å². The average molecular weight is 555 g/mol. The highest BCUT2D eigenvalue weighted by Gasteiger charge is 2.35. The van der Waals surface area contributed by atoms with Gasteiger partial charge in [-0.2, -0.15) is 13.2 Å². The van der Waals surface area contributed by atoms with Crippen LogP contribution in [0.4, 0.5) is 13.2 Å². The van der Waals surface area contributed by atoms with Crippen molar-refractivity contribution in [3.63, 3.8) is 0 Å². The highest BCUT2D eigenvalue weighted by molar-refractivity contribution is 7.99. The number of alkyl halides is 3. The monoisotopic (exact) mass is 554 g/mol. The molecule has 2 aromatic carbocycles.